The number of hydrazine groups is 1. The summed E-state index contributed by atoms with van der Waals surface area (Å²) in [6.45, 7) is 0. The molecule has 1 aromatic carbocycles. The lowest BCUT2D eigenvalue weighted by atomic mass is 10.0. The van der Waals surface area contributed by atoms with Crippen LogP contribution >= 0.6 is 15.9 Å². The van der Waals surface area contributed by atoms with Crippen LogP contribution in [0.4, 0.5) is 0 Å². The van der Waals surface area contributed by atoms with Gasteiger partial charge in [0, 0.05) is 17.1 Å². The third kappa shape index (κ3) is 2.28. The highest BCUT2D eigenvalue weighted by Crippen LogP contribution is 2.29. The maximum atomic E-state index is 5.67. The van der Waals surface area contributed by atoms with Gasteiger partial charge >= 0.3 is 0 Å². The number of halogens is 1. The van der Waals surface area contributed by atoms with E-state index in [0.717, 1.165) is 22.0 Å². The summed E-state index contributed by atoms with van der Waals surface area (Å²) in [4.78, 5) is 4.45. The molecule has 0 bridgehead atoms. The van der Waals surface area contributed by atoms with Gasteiger partial charge in [0.25, 0.3) is 0 Å². The molecule has 0 amide bonds. The number of furan rings is 1. The van der Waals surface area contributed by atoms with Crippen molar-refractivity contribution in [2.75, 3.05) is 0 Å². The second-order valence-corrected chi connectivity index (χ2v) is 4.93. The summed E-state index contributed by atoms with van der Waals surface area (Å²) in [6, 6.07) is 11.8. The van der Waals surface area contributed by atoms with Gasteiger partial charge < -0.3 is 4.42 Å². The van der Waals surface area contributed by atoms with E-state index in [1.807, 2.05) is 36.5 Å². The maximum Gasteiger partial charge on any atom is 0.174 e. The standard InChI is InChI=1S/C14H12BrN3O/c15-14-11(5-6-19-14)13(18-16)10-7-9-3-1-2-4-12(9)17-8-10/h1-8,13,18H,16H2. The van der Waals surface area contributed by atoms with Gasteiger partial charge in [0.05, 0.1) is 17.8 Å². The lowest BCUT2D eigenvalue weighted by Crippen LogP contribution is -2.28. The summed E-state index contributed by atoms with van der Waals surface area (Å²) >= 11 is 3.37. The number of nitrogens with two attached hydrogens (primary N) is 1. The number of aromatic nitrogens is 1. The molecule has 0 fully saturated rings. The lowest BCUT2D eigenvalue weighted by Gasteiger charge is -2.15. The van der Waals surface area contributed by atoms with Crippen molar-refractivity contribution in [3.05, 3.63) is 64.7 Å². The molecule has 0 radical (unpaired) electrons. The molecule has 0 aliphatic heterocycles. The van der Waals surface area contributed by atoms with Crippen LogP contribution in [0.15, 0.2) is 57.9 Å². The number of nitrogens with zero attached hydrogens (tertiary/aromatic N) is 1. The molecule has 5 heteroatoms. The number of para-hydroxylation sites is 1. The fourth-order valence-electron chi connectivity index (χ4n) is 2.12. The highest BCUT2D eigenvalue weighted by Gasteiger charge is 2.18. The molecule has 0 aliphatic rings. The van der Waals surface area contributed by atoms with Crippen LogP contribution in [-0.2, 0) is 0 Å². The van der Waals surface area contributed by atoms with Gasteiger partial charge in [0.15, 0.2) is 4.67 Å². The number of hydrogen-bond acceptors (Lipinski definition) is 4. The van der Waals surface area contributed by atoms with Crippen LogP contribution in [0.1, 0.15) is 17.2 Å². The molecular weight excluding hydrogens is 306 g/mol. The van der Waals surface area contributed by atoms with Crippen molar-refractivity contribution in [3.63, 3.8) is 0 Å². The first-order valence-electron chi connectivity index (χ1n) is 5.83. The predicted octanol–water partition coefficient (Wildman–Crippen LogP) is 3.14. The summed E-state index contributed by atoms with van der Waals surface area (Å²) in [6.07, 6.45) is 3.45. The number of nitrogens with one attached hydrogen (secondary N) is 1. The van der Waals surface area contributed by atoms with Crippen LogP contribution in [0.25, 0.3) is 10.9 Å². The van der Waals surface area contributed by atoms with Crippen LogP contribution < -0.4 is 11.3 Å². The Morgan fingerprint density at radius 3 is 2.84 bits per heavy atom. The second kappa shape index (κ2) is 5.13. The van der Waals surface area contributed by atoms with E-state index in [0.29, 0.717) is 4.67 Å². The first kappa shape index (κ1) is 12.3. The van der Waals surface area contributed by atoms with E-state index in [4.69, 9.17) is 10.3 Å². The molecule has 3 aromatic rings. The maximum absolute atomic E-state index is 5.67. The minimum absolute atomic E-state index is 0.162. The third-order valence-electron chi connectivity index (χ3n) is 3.07. The summed E-state index contributed by atoms with van der Waals surface area (Å²) in [5.74, 6) is 5.67. The van der Waals surface area contributed by atoms with Crippen molar-refractivity contribution in [2.45, 2.75) is 6.04 Å². The van der Waals surface area contributed by atoms with Crippen LogP contribution in [0, 0.1) is 0 Å². The van der Waals surface area contributed by atoms with E-state index in [-0.39, 0.29) is 6.04 Å². The first-order valence-corrected chi connectivity index (χ1v) is 6.62. The average molecular weight is 318 g/mol. The van der Waals surface area contributed by atoms with Crippen LogP contribution in [0.5, 0.6) is 0 Å². The summed E-state index contributed by atoms with van der Waals surface area (Å²) < 4.78 is 5.93. The zero-order valence-corrected chi connectivity index (χ0v) is 11.6. The van der Waals surface area contributed by atoms with Gasteiger partial charge in [-0.3, -0.25) is 10.8 Å². The van der Waals surface area contributed by atoms with Gasteiger partial charge in [-0.05, 0) is 39.7 Å². The summed E-state index contributed by atoms with van der Waals surface area (Å²) in [5, 5.41) is 1.08. The average Bonchev–Trinajstić information content (AvgIpc) is 2.86. The molecule has 0 aliphatic carbocycles. The van der Waals surface area contributed by atoms with Gasteiger partial charge in [-0.15, -0.1) is 0 Å². The molecule has 2 aromatic heterocycles. The Labute approximate surface area is 118 Å². The molecule has 19 heavy (non-hydrogen) atoms. The normalized spacial score (nSPS) is 12.7. The van der Waals surface area contributed by atoms with Crippen LogP contribution in [0.3, 0.4) is 0 Å². The van der Waals surface area contributed by atoms with Crippen molar-refractivity contribution in [1.29, 1.82) is 0 Å². The van der Waals surface area contributed by atoms with Gasteiger partial charge in [0.1, 0.15) is 0 Å². The SMILES string of the molecule is NNC(c1cnc2ccccc2c1)c1ccoc1Br. The van der Waals surface area contributed by atoms with E-state index in [2.05, 4.69) is 32.4 Å². The fraction of sp³-hybridized carbons (Fsp3) is 0.0714. The molecule has 4 nitrogen and oxygen atoms in total. The van der Waals surface area contributed by atoms with Crippen molar-refractivity contribution in [3.8, 4) is 0 Å². The minimum atomic E-state index is -0.162. The molecule has 2 heterocycles. The van der Waals surface area contributed by atoms with E-state index in [1.165, 1.54) is 0 Å². The van der Waals surface area contributed by atoms with E-state index < -0.39 is 0 Å². The number of rotatable bonds is 3. The minimum Gasteiger partial charge on any atom is -0.457 e. The second-order valence-electron chi connectivity index (χ2n) is 4.21. The Balaban J connectivity index is 2.09. The number of benzene rings is 1. The molecule has 3 rings (SSSR count). The quantitative estimate of drug-likeness (QED) is 0.575. The molecule has 96 valence electrons. The van der Waals surface area contributed by atoms with Crippen LogP contribution in [-0.4, -0.2) is 4.98 Å². The van der Waals surface area contributed by atoms with Gasteiger partial charge in [-0.25, -0.2) is 5.43 Å². The number of pyridine rings is 1. The predicted molar refractivity (Wildman–Crippen MR) is 77.3 cm³/mol. The topological polar surface area (TPSA) is 64.1 Å². The highest BCUT2D eigenvalue weighted by atomic mass is 79.9. The molecule has 3 N–H and O–H groups in total. The zero-order chi connectivity index (χ0) is 13.2. The highest BCUT2D eigenvalue weighted by molar-refractivity contribution is 9.10. The monoisotopic (exact) mass is 317 g/mol. The Bertz CT molecular complexity index is 710. The van der Waals surface area contributed by atoms with Crippen molar-refractivity contribution < 1.29 is 4.42 Å². The Morgan fingerprint density at radius 1 is 1.26 bits per heavy atom. The molecule has 0 saturated heterocycles. The van der Waals surface area contributed by atoms with Crippen LogP contribution in [0.2, 0.25) is 0 Å². The largest absolute Gasteiger partial charge is 0.457 e. The summed E-state index contributed by atoms with van der Waals surface area (Å²) in [5.41, 5.74) is 5.70. The molecule has 0 saturated carbocycles. The van der Waals surface area contributed by atoms with Gasteiger partial charge in [-0.1, -0.05) is 18.2 Å². The molecule has 1 unspecified atom stereocenters. The third-order valence-corrected chi connectivity index (χ3v) is 3.71. The van der Waals surface area contributed by atoms with E-state index in [1.54, 1.807) is 6.26 Å². The Morgan fingerprint density at radius 2 is 2.11 bits per heavy atom. The van der Waals surface area contributed by atoms with Crippen molar-refractivity contribution in [1.82, 2.24) is 10.4 Å². The smallest absolute Gasteiger partial charge is 0.174 e. The molecular formula is C14H12BrN3O. The fourth-order valence-corrected chi connectivity index (χ4v) is 2.59. The Kier molecular flexibility index (Phi) is 3.33. The lowest BCUT2D eigenvalue weighted by molar-refractivity contribution is 0.526. The first-order chi connectivity index (χ1) is 9.29. The summed E-state index contributed by atoms with van der Waals surface area (Å²) in [7, 11) is 0. The van der Waals surface area contributed by atoms with Gasteiger partial charge in [0.2, 0.25) is 0 Å². The Hall–Kier alpha value is -1.69. The molecule has 1 atom stereocenters. The number of hydrogen-bond donors (Lipinski definition) is 2. The molecule has 0 spiro atoms. The van der Waals surface area contributed by atoms with Crippen molar-refractivity contribution >= 4 is 26.8 Å². The zero-order valence-electron chi connectivity index (χ0n) is 10.0. The van der Waals surface area contributed by atoms with E-state index in [9.17, 15) is 0 Å². The number of fused-ring (bicyclic) bond motifs is 1. The van der Waals surface area contributed by atoms with E-state index >= 15 is 0 Å². The van der Waals surface area contributed by atoms with Gasteiger partial charge in [-0.2, -0.15) is 0 Å². The van der Waals surface area contributed by atoms with Crippen molar-refractivity contribution in [2.24, 2.45) is 5.84 Å².